The molecule has 0 N–H and O–H groups in total. The SMILES string of the molecule is CC1=CC(C)=[N+]2C1=C(c1cc(Cl)ccc1F)c1c(C)cc(C)n1[B-]2(F)F. The Hall–Kier alpha value is -2.21. The van der Waals surface area contributed by atoms with Crippen LogP contribution in [0.1, 0.15) is 36.4 Å². The number of rotatable bonds is 1. The summed E-state index contributed by atoms with van der Waals surface area (Å²) < 4.78 is 47.7. The van der Waals surface area contributed by atoms with E-state index in [1.165, 1.54) is 18.2 Å². The van der Waals surface area contributed by atoms with Gasteiger partial charge < -0.3 is 17.6 Å². The van der Waals surface area contributed by atoms with E-state index in [9.17, 15) is 4.39 Å². The minimum atomic E-state index is -4.07. The lowest BCUT2D eigenvalue weighted by atomic mass is 9.83. The molecule has 3 heterocycles. The van der Waals surface area contributed by atoms with Crippen LogP contribution in [0.5, 0.6) is 0 Å². The minimum Gasteiger partial charge on any atom is -0.393 e. The Morgan fingerprint density at radius 1 is 1.08 bits per heavy atom. The van der Waals surface area contributed by atoms with Crippen LogP contribution in [0.25, 0.3) is 5.57 Å². The van der Waals surface area contributed by atoms with Gasteiger partial charge in [-0.05, 0) is 56.3 Å². The predicted octanol–water partition coefficient (Wildman–Crippen LogP) is 5.33. The van der Waals surface area contributed by atoms with Gasteiger partial charge in [0.05, 0.1) is 5.57 Å². The summed E-state index contributed by atoms with van der Waals surface area (Å²) in [6.07, 6.45) is 1.71. The topological polar surface area (TPSA) is 7.94 Å². The highest BCUT2D eigenvalue weighted by Crippen LogP contribution is 2.44. The third-order valence-electron chi connectivity index (χ3n) is 5.13. The number of hydrogen-bond donors (Lipinski definition) is 0. The van der Waals surface area contributed by atoms with E-state index in [4.69, 9.17) is 11.6 Å². The predicted molar refractivity (Wildman–Crippen MR) is 99.4 cm³/mol. The number of fused-ring (bicyclic) bond motifs is 2. The Balaban J connectivity index is 2.22. The monoisotopic (exact) mass is 376 g/mol. The third kappa shape index (κ3) is 2.11. The van der Waals surface area contributed by atoms with E-state index >= 15 is 8.63 Å². The van der Waals surface area contributed by atoms with Gasteiger partial charge >= 0.3 is 6.97 Å². The van der Waals surface area contributed by atoms with E-state index < -0.39 is 12.8 Å². The van der Waals surface area contributed by atoms with Crippen LogP contribution in [-0.2, 0) is 0 Å². The number of hydrogen-bond acceptors (Lipinski definition) is 0. The van der Waals surface area contributed by atoms with E-state index in [2.05, 4.69) is 0 Å². The quantitative estimate of drug-likeness (QED) is 0.595. The maximum atomic E-state index is 15.5. The Kier molecular flexibility index (Phi) is 3.57. The van der Waals surface area contributed by atoms with Crippen molar-refractivity contribution in [3.05, 3.63) is 75.0 Å². The minimum absolute atomic E-state index is 0.230. The molecule has 0 saturated carbocycles. The van der Waals surface area contributed by atoms with E-state index in [1.54, 1.807) is 39.8 Å². The molecule has 2 aliphatic rings. The number of nitrogens with zero attached hydrogens (tertiary/aromatic N) is 2. The van der Waals surface area contributed by atoms with E-state index in [1.807, 2.05) is 0 Å². The van der Waals surface area contributed by atoms with Crippen LogP contribution in [0.3, 0.4) is 0 Å². The highest BCUT2D eigenvalue weighted by molar-refractivity contribution is 6.58. The smallest absolute Gasteiger partial charge is 0.393 e. The lowest BCUT2D eigenvalue weighted by Gasteiger charge is -2.34. The number of aromatic nitrogens is 1. The second-order valence-corrected chi connectivity index (χ2v) is 7.40. The van der Waals surface area contributed by atoms with Crippen LogP contribution in [0.15, 0.2) is 41.6 Å². The lowest BCUT2D eigenvalue weighted by molar-refractivity contribution is -0.363. The van der Waals surface area contributed by atoms with Gasteiger partial charge in [0.2, 0.25) is 0 Å². The molecule has 1 aromatic carbocycles. The maximum absolute atomic E-state index is 15.5. The molecule has 0 saturated heterocycles. The van der Waals surface area contributed by atoms with Gasteiger partial charge in [0.15, 0.2) is 5.70 Å². The number of benzene rings is 1. The molecule has 0 spiro atoms. The first-order chi connectivity index (χ1) is 12.1. The van der Waals surface area contributed by atoms with Crippen molar-refractivity contribution in [3.8, 4) is 0 Å². The molecule has 1 aromatic heterocycles. The van der Waals surface area contributed by atoms with Gasteiger partial charge in [-0.15, -0.1) is 0 Å². The summed E-state index contributed by atoms with van der Waals surface area (Å²) in [4.78, 5) is 0. The molecule has 7 heteroatoms. The Bertz CT molecular complexity index is 1080. The van der Waals surface area contributed by atoms with Crippen molar-refractivity contribution in [1.29, 1.82) is 0 Å². The molecular formula is C19H17BClF3N2. The number of allylic oxidation sites excluding steroid dienone is 2. The molecule has 0 aliphatic carbocycles. The summed E-state index contributed by atoms with van der Waals surface area (Å²) in [5.74, 6) is -0.489. The third-order valence-corrected chi connectivity index (χ3v) is 5.37. The molecule has 134 valence electrons. The van der Waals surface area contributed by atoms with Gasteiger partial charge in [0.25, 0.3) is 0 Å². The molecule has 0 radical (unpaired) electrons. The highest BCUT2D eigenvalue weighted by atomic mass is 35.5. The van der Waals surface area contributed by atoms with Crippen molar-refractivity contribution in [2.24, 2.45) is 0 Å². The van der Waals surface area contributed by atoms with Crippen LogP contribution in [-0.4, -0.2) is 21.6 Å². The normalized spacial score (nSPS) is 18.2. The van der Waals surface area contributed by atoms with Crippen molar-refractivity contribution >= 4 is 29.9 Å². The first kappa shape index (κ1) is 17.2. The van der Waals surface area contributed by atoms with E-state index in [0.29, 0.717) is 44.5 Å². The first-order valence-electron chi connectivity index (χ1n) is 8.37. The molecule has 0 fully saturated rings. The Labute approximate surface area is 155 Å². The van der Waals surface area contributed by atoms with Gasteiger partial charge in [-0.2, -0.15) is 0 Å². The fraction of sp³-hybridized carbons (Fsp3) is 0.211. The van der Waals surface area contributed by atoms with Gasteiger partial charge in [-0.1, -0.05) is 11.6 Å². The molecule has 0 unspecified atom stereocenters. The largest absolute Gasteiger partial charge is 0.737 e. The molecule has 2 aliphatic heterocycles. The zero-order valence-corrected chi connectivity index (χ0v) is 15.6. The Morgan fingerprint density at radius 2 is 1.77 bits per heavy atom. The summed E-state index contributed by atoms with van der Waals surface area (Å²) in [5, 5.41) is 0.358. The van der Waals surface area contributed by atoms with Crippen LogP contribution >= 0.6 is 11.6 Å². The van der Waals surface area contributed by atoms with Gasteiger partial charge in [-0.3, -0.25) is 0 Å². The van der Waals surface area contributed by atoms with E-state index in [-0.39, 0.29) is 5.56 Å². The van der Waals surface area contributed by atoms with Crippen molar-refractivity contribution in [2.45, 2.75) is 27.7 Å². The van der Waals surface area contributed by atoms with Gasteiger partial charge in [-0.25, -0.2) is 4.39 Å². The summed E-state index contributed by atoms with van der Waals surface area (Å²) >= 11 is 6.10. The summed E-state index contributed by atoms with van der Waals surface area (Å²) in [5.41, 5.74) is 3.64. The molecule has 0 amide bonds. The molecular weight excluding hydrogens is 359 g/mol. The summed E-state index contributed by atoms with van der Waals surface area (Å²) in [6, 6.07) is 5.94. The average molecular weight is 377 g/mol. The average Bonchev–Trinajstić information content (AvgIpc) is 3.00. The zero-order chi connectivity index (χ0) is 19.0. The van der Waals surface area contributed by atoms with Crippen molar-refractivity contribution in [2.75, 3.05) is 0 Å². The molecule has 26 heavy (non-hydrogen) atoms. The fourth-order valence-electron chi connectivity index (χ4n) is 4.24. The zero-order valence-electron chi connectivity index (χ0n) is 14.9. The van der Waals surface area contributed by atoms with Crippen LogP contribution in [0.4, 0.5) is 13.0 Å². The molecule has 0 bridgehead atoms. The molecule has 4 rings (SSSR count). The number of aryl methyl sites for hydroxylation is 2. The summed E-state index contributed by atoms with van der Waals surface area (Å²) in [7, 11) is 0. The van der Waals surface area contributed by atoms with Gasteiger partial charge in [0.1, 0.15) is 11.5 Å². The second kappa shape index (κ2) is 5.40. The van der Waals surface area contributed by atoms with Gasteiger partial charge in [0, 0.05) is 34.9 Å². The molecule has 2 nitrogen and oxygen atoms in total. The highest BCUT2D eigenvalue weighted by Gasteiger charge is 2.55. The molecule has 2 aromatic rings. The van der Waals surface area contributed by atoms with Crippen LogP contribution in [0, 0.1) is 19.7 Å². The second-order valence-electron chi connectivity index (χ2n) is 6.96. The van der Waals surface area contributed by atoms with Crippen molar-refractivity contribution in [1.82, 2.24) is 4.48 Å². The molecule has 0 atom stereocenters. The van der Waals surface area contributed by atoms with Crippen LogP contribution < -0.4 is 0 Å². The Morgan fingerprint density at radius 3 is 2.46 bits per heavy atom. The first-order valence-corrected chi connectivity index (χ1v) is 8.75. The van der Waals surface area contributed by atoms with E-state index in [0.717, 1.165) is 8.96 Å². The fourth-order valence-corrected chi connectivity index (χ4v) is 4.41. The lowest BCUT2D eigenvalue weighted by Crippen LogP contribution is -2.51. The van der Waals surface area contributed by atoms with Crippen LogP contribution in [0.2, 0.25) is 5.02 Å². The van der Waals surface area contributed by atoms with Crippen molar-refractivity contribution in [3.63, 3.8) is 0 Å². The standard InChI is InChI=1S/C19H17BClF3N2/c1-10-7-12(3)25-18(10)17(15-9-14(21)5-6-16(15)22)19-11(2)8-13(4)26(19)20(25,23)24/h5-9H,1-4H3. The maximum Gasteiger partial charge on any atom is 0.737 e. The number of halogens is 4. The van der Waals surface area contributed by atoms with Crippen molar-refractivity contribution < 1.29 is 17.5 Å². The summed E-state index contributed by atoms with van der Waals surface area (Å²) in [6.45, 7) is 2.77.